The van der Waals surface area contributed by atoms with Crippen molar-refractivity contribution in [1.29, 1.82) is 0 Å². The maximum atomic E-state index is 4.88. The van der Waals surface area contributed by atoms with Crippen molar-refractivity contribution in [3.05, 3.63) is 149 Å². The van der Waals surface area contributed by atoms with Crippen LogP contribution < -0.4 is 0 Å². The molecule has 0 amide bonds. The van der Waals surface area contributed by atoms with Crippen LogP contribution in [0.2, 0.25) is 0 Å². The minimum atomic E-state index is 0. The second-order valence-corrected chi connectivity index (χ2v) is 10.8. The molecular formula is C39H32N3Pt-. The predicted molar refractivity (Wildman–Crippen MR) is 175 cm³/mol. The van der Waals surface area contributed by atoms with Gasteiger partial charge in [0.2, 0.25) is 0 Å². The minimum absolute atomic E-state index is 0. The Hall–Kier alpha value is -4.46. The predicted octanol–water partition coefficient (Wildman–Crippen LogP) is 9.93. The fraction of sp³-hybridized carbons (Fsp3) is 0.103. The van der Waals surface area contributed by atoms with Crippen molar-refractivity contribution in [3.8, 4) is 44.8 Å². The summed E-state index contributed by atoms with van der Waals surface area (Å²) in [4.78, 5) is 14.4. The van der Waals surface area contributed by atoms with Gasteiger partial charge >= 0.3 is 0 Å². The fourth-order valence-corrected chi connectivity index (χ4v) is 5.55. The Balaban J connectivity index is 0.00000368. The molecule has 0 aliphatic heterocycles. The molecular weight excluding hydrogens is 706 g/mol. The van der Waals surface area contributed by atoms with Crippen LogP contribution in [0, 0.1) is 33.8 Å². The SMILES string of the molecule is Cc1cc(C)cc(-c2ccnc(-c3cccc(C=Nc4ccccc4-c4[c-]ccc(-c5c(C)cccc5C)c4)n3)c2)c1.[Pt]. The molecule has 0 spiro atoms. The zero-order chi connectivity index (χ0) is 29.1. The van der Waals surface area contributed by atoms with E-state index in [4.69, 9.17) is 9.98 Å². The molecule has 0 atom stereocenters. The number of nitrogens with zero attached hydrogens (tertiary/aromatic N) is 3. The third-order valence-corrected chi connectivity index (χ3v) is 7.45. The van der Waals surface area contributed by atoms with Gasteiger partial charge in [-0.3, -0.25) is 9.98 Å². The van der Waals surface area contributed by atoms with E-state index in [0.717, 1.165) is 39.5 Å². The molecule has 0 bridgehead atoms. The Morgan fingerprint density at radius 2 is 1.40 bits per heavy atom. The van der Waals surface area contributed by atoms with Crippen molar-refractivity contribution in [2.75, 3.05) is 0 Å². The summed E-state index contributed by atoms with van der Waals surface area (Å²) >= 11 is 0. The standard InChI is InChI=1S/C39H32N3.Pt/c1-26-20-27(2)22-33(21-26)30-18-19-40-38(24-30)37-17-9-14-34(42-37)25-41-36-16-6-5-15-35(36)31-12-8-13-32(23-31)39-28(3)10-7-11-29(39)4;/h5-11,13-25H,1-4H3;/q-1;. The molecule has 0 N–H and O–H groups in total. The van der Waals surface area contributed by atoms with Gasteiger partial charge in [0, 0.05) is 32.9 Å². The third kappa shape index (κ3) is 6.79. The van der Waals surface area contributed by atoms with Crippen molar-refractivity contribution < 1.29 is 21.1 Å². The average molecular weight is 738 g/mol. The van der Waals surface area contributed by atoms with E-state index in [1.165, 1.54) is 38.9 Å². The van der Waals surface area contributed by atoms with E-state index in [1.807, 2.05) is 60.9 Å². The first kappa shape index (κ1) is 30.0. The van der Waals surface area contributed by atoms with Crippen LogP contribution in [0.1, 0.15) is 27.9 Å². The van der Waals surface area contributed by atoms with E-state index in [1.54, 1.807) is 0 Å². The molecule has 2 heterocycles. The monoisotopic (exact) mass is 737 g/mol. The largest absolute Gasteiger partial charge is 0.264 e. The number of aryl methyl sites for hydroxylation is 4. The van der Waals surface area contributed by atoms with Crippen LogP contribution in [0.15, 0.2) is 120 Å². The van der Waals surface area contributed by atoms with Crippen molar-refractivity contribution in [1.82, 2.24) is 9.97 Å². The van der Waals surface area contributed by atoms with Crippen LogP contribution >= 0.6 is 0 Å². The van der Waals surface area contributed by atoms with Gasteiger partial charge in [0.25, 0.3) is 0 Å². The van der Waals surface area contributed by atoms with Crippen molar-refractivity contribution in [3.63, 3.8) is 0 Å². The molecule has 43 heavy (non-hydrogen) atoms. The Bertz CT molecular complexity index is 1900. The molecule has 4 heteroatoms. The summed E-state index contributed by atoms with van der Waals surface area (Å²) in [6.45, 7) is 8.57. The van der Waals surface area contributed by atoms with Gasteiger partial charge in [-0.2, -0.15) is 0 Å². The molecule has 0 fully saturated rings. The van der Waals surface area contributed by atoms with E-state index in [2.05, 4.69) is 99.4 Å². The smallest absolute Gasteiger partial charge is 0.0894 e. The first-order chi connectivity index (χ1) is 20.4. The molecule has 0 aliphatic rings. The minimum Gasteiger partial charge on any atom is -0.264 e. The summed E-state index contributed by atoms with van der Waals surface area (Å²) in [5, 5.41) is 0. The second kappa shape index (κ2) is 13.2. The van der Waals surface area contributed by atoms with Gasteiger partial charge in [0.1, 0.15) is 0 Å². The zero-order valence-electron chi connectivity index (χ0n) is 24.7. The first-order valence-electron chi connectivity index (χ1n) is 14.2. The Morgan fingerprint density at radius 1 is 0.651 bits per heavy atom. The number of para-hydroxylation sites is 1. The van der Waals surface area contributed by atoms with Crippen LogP contribution in [0.5, 0.6) is 0 Å². The van der Waals surface area contributed by atoms with Gasteiger partial charge in [-0.15, -0.1) is 35.4 Å². The van der Waals surface area contributed by atoms with Gasteiger partial charge in [0.05, 0.1) is 23.3 Å². The second-order valence-electron chi connectivity index (χ2n) is 10.8. The summed E-state index contributed by atoms with van der Waals surface area (Å²) in [6.07, 6.45) is 3.68. The summed E-state index contributed by atoms with van der Waals surface area (Å²) in [5.74, 6) is 0. The molecule has 214 valence electrons. The molecule has 3 nitrogen and oxygen atoms in total. The molecule has 0 saturated carbocycles. The Morgan fingerprint density at radius 3 is 2.19 bits per heavy atom. The quantitative estimate of drug-likeness (QED) is 0.126. The van der Waals surface area contributed by atoms with Crippen molar-refractivity contribution in [2.45, 2.75) is 27.7 Å². The normalized spacial score (nSPS) is 11.0. The molecule has 0 unspecified atom stereocenters. The Kier molecular flexibility index (Phi) is 9.24. The fourth-order valence-electron chi connectivity index (χ4n) is 5.55. The number of benzene rings is 4. The first-order valence-corrected chi connectivity index (χ1v) is 14.2. The average Bonchev–Trinajstić information content (AvgIpc) is 3.00. The molecule has 2 aromatic heterocycles. The summed E-state index contributed by atoms with van der Waals surface area (Å²) in [7, 11) is 0. The number of hydrogen-bond acceptors (Lipinski definition) is 3. The van der Waals surface area contributed by atoms with E-state index in [-0.39, 0.29) is 21.1 Å². The Labute approximate surface area is 268 Å². The van der Waals surface area contributed by atoms with E-state index < -0.39 is 0 Å². The van der Waals surface area contributed by atoms with Gasteiger partial charge in [-0.25, -0.2) is 4.98 Å². The van der Waals surface area contributed by atoms with Gasteiger partial charge in [-0.1, -0.05) is 77.4 Å². The molecule has 0 saturated heterocycles. The number of hydrogen-bond donors (Lipinski definition) is 0. The summed E-state index contributed by atoms with van der Waals surface area (Å²) in [6, 6.07) is 41.1. The third-order valence-electron chi connectivity index (χ3n) is 7.45. The number of aliphatic imine (C=N–C) groups is 1. The van der Waals surface area contributed by atoms with Crippen LogP contribution in [0.4, 0.5) is 5.69 Å². The molecule has 0 radical (unpaired) electrons. The van der Waals surface area contributed by atoms with E-state index in [9.17, 15) is 0 Å². The van der Waals surface area contributed by atoms with Crippen LogP contribution in [-0.4, -0.2) is 16.2 Å². The van der Waals surface area contributed by atoms with E-state index >= 15 is 0 Å². The number of pyridine rings is 2. The molecule has 4 aromatic carbocycles. The van der Waals surface area contributed by atoms with Crippen molar-refractivity contribution in [2.24, 2.45) is 4.99 Å². The summed E-state index contributed by atoms with van der Waals surface area (Å²) in [5.41, 5.74) is 15.1. The van der Waals surface area contributed by atoms with Gasteiger partial charge < -0.3 is 0 Å². The number of rotatable bonds is 6. The van der Waals surface area contributed by atoms with Gasteiger partial charge in [0.15, 0.2) is 0 Å². The summed E-state index contributed by atoms with van der Waals surface area (Å²) < 4.78 is 0. The maximum absolute atomic E-state index is 4.88. The van der Waals surface area contributed by atoms with Crippen LogP contribution in [0.25, 0.3) is 44.8 Å². The van der Waals surface area contributed by atoms with Crippen LogP contribution in [-0.2, 0) is 21.1 Å². The molecule has 6 aromatic rings. The van der Waals surface area contributed by atoms with E-state index in [0.29, 0.717) is 0 Å². The van der Waals surface area contributed by atoms with Crippen LogP contribution in [0.3, 0.4) is 0 Å². The van der Waals surface area contributed by atoms with Gasteiger partial charge in [-0.05, 0) is 85.8 Å². The maximum Gasteiger partial charge on any atom is 0.0894 e. The zero-order valence-corrected chi connectivity index (χ0v) is 27.0. The number of aromatic nitrogens is 2. The molecule has 6 rings (SSSR count). The van der Waals surface area contributed by atoms with Crippen molar-refractivity contribution >= 4 is 11.9 Å². The molecule has 0 aliphatic carbocycles. The topological polar surface area (TPSA) is 38.1 Å².